The molecule has 2 aromatic carbocycles. The van der Waals surface area contributed by atoms with Crippen LogP contribution in [0.15, 0.2) is 42.5 Å². The molecule has 6 nitrogen and oxygen atoms in total. The molecule has 1 atom stereocenters. The Kier molecular flexibility index (Phi) is 5.69. The summed E-state index contributed by atoms with van der Waals surface area (Å²) >= 11 is 1.57. The molecule has 0 fully saturated rings. The first-order valence-electron chi connectivity index (χ1n) is 10.1. The molecule has 1 aromatic heterocycles. The van der Waals surface area contributed by atoms with Crippen LogP contribution in [0.4, 0.5) is 5.00 Å². The summed E-state index contributed by atoms with van der Waals surface area (Å²) in [5.41, 5.74) is 4.04. The minimum Gasteiger partial charge on any atom is -0.490 e. The smallest absolute Gasteiger partial charge is 0.343 e. The summed E-state index contributed by atoms with van der Waals surface area (Å²) in [5, 5.41) is 7.24. The Hall–Kier alpha value is -3.32. The number of thiophene rings is 1. The fourth-order valence-corrected chi connectivity index (χ4v) is 4.53. The van der Waals surface area contributed by atoms with Gasteiger partial charge >= 0.3 is 5.97 Å². The molecule has 0 saturated carbocycles. The highest BCUT2D eigenvalue weighted by molar-refractivity contribution is 7.16. The highest BCUT2D eigenvalue weighted by Crippen LogP contribution is 2.39. The summed E-state index contributed by atoms with van der Waals surface area (Å²) in [6.45, 7) is 8.20. The van der Waals surface area contributed by atoms with Crippen molar-refractivity contribution in [1.29, 1.82) is 0 Å². The summed E-state index contributed by atoms with van der Waals surface area (Å²) in [5.74, 6) is 0.225. The van der Waals surface area contributed by atoms with Crippen LogP contribution in [0.5, 0.6) is 11.5 Å². The van der Waals surface area contributed by atoms with Crippen molar-refractivity contribution in [3.63, 3.8) is 0 Å². The topological polar surface area (TPSA) is 76.7 Å². The van der Waals surface area contributed by atoms with E-state index < -0.39 is 12.1 Å². The van der Waals surface area contributed by atoms with Crippen LogP contribution in [0.2, 0.25) is 0 Å². The lowest BCUT2D eigenvalue weighted by Crippen LogP contribution is -2.38. The van der Waals surface area contributed by atoms with Gasteiger partial charge in [-0.05, 0) is 63.1 Å². The molecule has 1 aliphatic rings. The van der Waals surface area contributed by atoms with Gasteiger partial charge in [-0.25, -0.2) is 4.79 Å². The Labute approximate surface area is 185 Å². The van der Waals surface area contributed by atoms with Gasteiger partial charge in [0.15, 0.2) is 11.5 Å². The molecule has 2 N–H and O–H groups in total. The van der Waals surface area contributed by atoms with Gasteiger partial charge in [0.2, 0.25) is 0 Å². The zero-order chi connectivity index (χ0) is 22.1. The van der Waals surface area contributed by atoms with Crippen molar-refractivity contribution in [1.82, 2.24) is 5.32 Å². The van der Waals surface area contributed by atoms with E-state index in [9.17, 15) is 9.59 Å². The Morgan fingerprint density at radius 2 is 1.77 bits per heavy atom. The number of hydrogen-bond acceptors (Lipinski definition) is 6. The second-order valence-electron chi connectivity index (χ2n) is 7.43. The first-order chi connectivity index (χ1) is 14.9. The lowest BCUT2D eigenvalue weighted by Gasteiger charge is -2.27. The highest BCUT2D eigenvalue weighted by atomic mass is 32.1. The number of carbonyl (C=O) groups excluding carboxylic acids is 2. The summed E-state index contributed by atoms with van der Waals surface area (Å²) in [7, 11) is 0. The number of hydrogen-bond donors (Lipinski definition) is 2. The summed E-state index contributed by atoms with van der Waals surface area (Å²) in [6, 6.07) is 12.5. The van der Waals surface area contributed by atoms with E-state index in [0.29, 0.717) is 29.2 Å². The maximum atomic E-state index is 12.7. The quantitative estimate of drug-likeness (QED) is 0.428. The van der Waals surface area contributed by atoms with Crippen LogP contribution >= 0.6 is 11.3 Å². The van der Waals surface area contributed by atoms with Crippen LogP contribution in [-0.2, 0) is 0 Å². The lowest BCUT2D eigenvalue weighted by atomic mass is 10.1. The largest absolute Gasteiger partial charge is 0.490 e. The molecule has 0 saturated heterocycles. The number of rotatable bonds is 5. The maximum absolute atomic E-state index is 12.7. The van der Waals surface area contributed by atoms with Crippen molar-refractivity contribution in [3.8, 4) is 11.5 Å². The molecule has 2 heterocycles. The fraction of sp³-hybridized carbons (Fsp3) is 0.250. The van der Waals surface area contributed by atoms with E-state index in [0.717, 1.165) is 26.6 Å². The molecule has 0 aliphatic carbocycles. The van der Waals surface area contributed by atoms with Crippen molar-refractivity contribution in [2.45, 2.75) is 33.9 Å². The predicted octanol–water partition coefficient (Wildman–Crippen LogP) is 5.15. The number of nitrogens with one attached hydrogen (secondary N) is 2. The molecule has 31 heavy (non-hydrogen) atoms. The standard InChI is InChI=1S/C24H24N2O4S/c1-5-29-19-12-17(21-25-22(27)20-14(3)15(4)31-23(20)26-21)10-11-18(19)30-24(28)16-8-6-13(2)7-9-16/h6-12,21,26H,5H2,1-4H3,(H,25,27). The van der Waals surface area contributed by atoms with Crippen molar-refractivity contribution in [2.24, 2.45) is 0 Å². The number of aryl methyl sites for hydroxylation is 2. The third kappa shape index (κ3) is 4.14. The summed E-state index contributed by atoms with van der Waals surface area (Å²) < 4.78 is 11.3. The molecular weight excluding hydrogens is 412 g/mol. The van der Waals surface area contributed by atoms with Crippen LogP contribution in [-0.4, -0.2) is 18.5 Å². The lowest BCUT2D eigenvalue weighted by molar-refractivity contribution is 0.0728. The first kappa shape index (κ1) is 20.9. The average molecular weight is 437 g/mol. The summed E-state index contributed by atoms with van der Waals surface area (Å²) in [6.07, 6.45) is -0.404. The Morgan fingerprint density at radius 3 is 2.48 bits per heavy atom. The third-order valence-corrected chi connectivity index (χ3v) is 6.39. The van der Waals surface area contributed by atoms with E-state index in [1.807, 2.05) is 45.9 Å². The second-order valence-corrected chi connectivity index (χ2v) is 8.66. The molecule has 1 amide bonds. The molecule has 1 unspecified atom stereocenters. The zero-order valence-electron chi connectivity index (χ0n) is 17.9. The van der Waals surface area contributed by atoms with Gasteiger partial charge in [0.1, 0.15) is 11.2 Å². The van der Waals surface area contributed by atoms with Crippen molar-refractivity contribution < 1.29 is 19.1 Å². The van der Waals surface area contributed by atoms with Crippen molar-refractivity contribution in [2.75, 3.05) is 11.9 Å². The molecule has 160 valence electrons. The molecule has 1 aliphatic heterocycles. The Morgan fingerprint density at radius 1 is 1.03 bits per heavy atom. The van der Waals surface area contributed by atoms with Gasteiger partial charge in [0.05, 0.1) is 17.7 Å². The molecular formula is C24H24N2O4S. The second kappa shape index (κ2) is 8.43. The number of carbonyl (C=O) groups is 2. The van der Waals surface area contributed by atoms with Gasteiger partial charge in [-0.3, -0.25) is 4.79 Å². The molecule has 3 aromatic rings. The van der Waals surface area contributed by atoms with Gasteiger partial charge in [-0.2, -0.15) is 0 Å². The van der Waals surface area contributed by atoms with Gasteiger partial charge in [-0.15, -0.1) is 11.3 Å². The average Bonchev–Trinajstić information content (AvgIpc) is 3.04. The van der Waals surface area contributed by atoms with Crippen molar-refractivity contribution in [3.05, 3.63) is 75.2 Å². The van der Waals surface area contributed by atoms with E-state index in [1.165, 1.54) is 0 Å². The van der Waals surface area contributed by atoms with Crippen LogP contribution in [0.3, 0.4) is 0 Å². The number of benzene rings is 2. The van der Waals surface area contributed by atoms with Crippen LogP contribution in [0.25, 0.3) is 0 Å². The van der Waals surface area contributed by atoms with E-state index in [1.54, 1.807) is 35.6 Å². The number of ether oxygens (including phenoxy) is 2. The maximum Gasteiger partial charge on any atom is 0.343 e. The van der Waals surface area contributed by atoms with Crippen LogP contribution in [0, 0.1) is 20.8 Å². The van der Waals surface area contributed by atoms with Crippen LogP contribution in [0.1, 0.15) is 55.4 Å². The Balaban J connectivity index is 1.59. The summed E-state index contributed by atoms with van der Waals surface area (Å²) in [4.78, 5) is 26.3. The molecule has 4 rings (SSSR count). The van der Waals surface area contributed by atoms with E-state index in [-0.39, 0.29) is 5.91 Å². The number of anilines is 1. The van der Waals surface area contributed by atoms with E-state index >= 15 is 0 Å². The fourth-order valence-electron chi connectivity index (χ4n) is 3.44. The minimum atomic E-state index is -0.452. The monoisotopic (exact) mass is 436 g/mol. The van der Waals surface area contributed by atoms with Crippen LogP contribution < -0.4 is 20.1 Å². The normalized spacial score (nSPS) is 15.0. The van der Waals surface area contributed by atoms with Crippen molar-refractivity contribution >= 4 is 28.2 Å². The zero-order valence-corrected chi connectivity index (χ0v) is 18.7. The predicted molar refractivity (Wildman–Crippen MR) is 121 cm³/mol. The van der Waals surface area contributed by atoms with Gasteiger partial charge in [0, 0.05) is 4.88 Å². The molecule has 0 bridgehead atoms. The Bertz CT molecular complexity index is 1150. The number of amides is 1. The van der Waals surface area contributed by atoms with E-state index in [2.05, 4.69) is 10.6 Å². The molecule has 0 spiro atoms. The minimum absolute atomic E-state index is 0.103. The third-order valence-electron chi connectivity index (χ3n) is 5.25. The van der Waals surface area contributed by atoms with Gasteiger partial charge in [0.25, 0.3) is 5.91 Å². The molecule has 0 radical (unpaired) electrons. The van der Waals surface area contributed by atoms with Gasteiger partial charge in [-0.1, -0.05) is 23.8 Å². The molecule has 7 heteroatoms. The van der Waals surface area contributed by atoms with Gasteiger partial charge < -0.3 is 20.1 Å². The SMILES string of the molecule is CCOc1cc(C2NC(=O)c3c(sc(C)c3C)N2)ccc1OC(=O)c1ccc(C)cc1. The van der Waals surface area contributed by atoms with E-state index in [4.69, 9.17) is 9.47 Å². The number of fused-ring (bicyclic) bond motifs is 1. The number of esters is 1. The first-order valence-corrected chi connectivity index (χ1v) is 10.9. The highest BCUT2D eigenvalue weighted by Gasteiger charge is 2.29.